The van der Waals surface area contributed by atoms with Gasteiger partial charge >= 0.3 is 0 Å². The Bertz CT molecular complexity index is 3630. The third kappa shape index (κ3) is 4.70. The fraction of sp³-hybridized carbons (Fsp3) is 0. The molecule has 4 heterocycles. The molecule has 5 nitrogen and oxygen atoms in total. The fourth-order valence-electron chi connectivity index (χ4n) is 9.20. The number of hydrogen-bond donors (Lipinski definition) is 0. The smallest absolute Gasteiger partial charge is 0.189 e. The lowest BCUT2D eigenvalue weighted by Crippen LogP contribution is -1.94. The monoisotopic (exact) mass is 737 g/mol. The summed E-state index contributed by atoms with van der Waals surface area (Å²) in [6.45, 7) is 7.76. The average Bonchev–Trinajstić information content (AvgIpc) is 3.84. The molecule has 0 amide bonds. The highest BCUT2D eigenvalue weighted by Crippen LogP contribution is 2.46. The fourth-order valence-corrected chi connectivity index (χ4v) is 9.20. The van der Waals surface area contributed by atoms with Gasteiger partial charge in [-0.25, -0.2) is 14.8 Å². The normalized spacial score (nSPS) is 11.8. The highest BCUT2D eigenvalue weighted by atomic mass is 15.0. The summed E-state index contributed by atoms with van der Waals surface area (Å²) >= 11 is 0. The molecule has 0 N–H and O–H groups in total. The maximum Gasteiger partial charge on any atom is 0.189 e. The Balaban J connectivity index is 1.12. The molecule has 0 aliphatic rings. The van der Waals surface area contributed by atoms with Crippen LogP contribution in [-0.2, 0) is 0 Å². The second-order valence-corrected chi connectivity index (χ2v) is 14.9. The molecule has 8 aromatic carbocycles. The van der Waals surface area contributed by atoms with E-state index in [1.165, 1.54) is 32.7 Å². The zero-order valence-corrected chi connectivity index (χ0v) is 31.1. The first-order chi connectivity index (χ1) is 28.7. The molecule has 0 saturated heterocycles. The first-order valence-corrected chi connectivity index (χ1v) is 19.4. The number of benzene rings is 8. The molecule has 0 radical (unpaired) electrons. The van der Waals surface area contributed by atoms with Gasteiger partial charge < -0.3 is 4.57 Å². The number of imidazole rings is 1. The number of para-hydroxylation sites is 1. The Labute approximate surface area is 333 Å². The van der Waals surface area contributed by atoms with E-state index in [1.54, 1.807) is 0 Å². The second-order valence-electron chi connectivity index (χ2n) is 14.9. The summed E-state index contributed by atoms with van der Waals surface area (Å²) in [5.74, 6) is 0. The quantitative estimate of drug-likeness (QED) is 0.133. The van der Waals surface area contributed by atoms with Crippen LogP contribution in [0.1, 0.15) is 0 Å². The summed E-state index contributed by atoms with van der Waals surface area (Å²) < 4.78 is 4.44. The number of rotatable bonds is 4. The van der Waals surface area contributed by atoms with Crippen LogP contribution in [0.15, 0.2) is 188 Å². The van der Waals surface area contributed by atoms with E-state index in [0.29, 0.717) is 5.69 Å². The number of hydrogen-bond acceptors (Lipinski definition) is 2. The van der Waals surface area contributed by atoms with Crippen LogP contribution in [0.3, 0.4) is 0 Å². The van der Waals surface area contributed by atoms with Crippen molar-refractivity contribution in [1.29, 1.82) is 0 Å². The minimum atomic E-state index is 0.628. The van der Waals surface area contributed by atoms with Crippen LogP contribution in [0.2, 0.25) is 0 Å². The van der Waals surface area contributed by atoms with E-state index in [0.717, 1.165) is 77.5 Å². The van der Waals surface area contributed by atoms with Gasteiger partial charge in [0.05, 0.1) is 28.8 Å². The molecule has 0 spiro atoms. The number of nitrogens with zero attached hydrogens (tertiary/aromatic N) is 5. The molecule has 58 heavy (non-hydrogen) atoms. The minimum Gasteiger partial charge on any atom is -0.311 e. The van der Waals surface area contributed by atoms with Gasteiger partial charge in [-0.2, -0.15) is 0 Å². The topological polar surface area (TPSA) is 39.5 Å². The molecule has 0 aliphatic carbocycles. The zero-order chi connectivity index (χ0) is 38.3. The van der Waals surface area contributed by atoms with Crippen molar-refractivity contribution < 1.29 is 0 Å². The van der Waals surface area contributed by atoms with E-state index in [-0.39, 0.29) is 0 Å². The Morgan fingerprint density at radius 1 is 0.448 bits per heavy atom. The van der Waals surface area contributed by atoms with Crippen molar-refractivity contribution in [3.8, 4) is 39.2 Å². The van der Waals surface area contributed by atoms with E-state index in [1.807, 2.05) is 36.4 Å². The molecular weight excluding hydrogens is 707 g/mol. The minimum absolute atomic E-state index is 0.628. The maximum atomic E-state index is 7.76. The van der Waals surface area contributed by atoms with Crippen LogP contribution < -0.4 is 0 Å². The highest BCUT2D eigenvalue weighted by Gasteiger charge is 2.21. The summed E-state index contributed by atoms with van der Waals surface area (Å²) in [4.78, 5) is 14.3. The lowest BCUT2D eigenvalue weighted by Gasteiger charge is -2.18. The van der Waals surface area contributed by atoms with Gasteiger partial charge in [0, 0.05) is 39.1 Å². The predicted octanol–water partition coefficient (Wildman–Crippen LogP) is 14.0. The van der Waals surface area contributed by atoms with Gasteiger partial charge in [-0.15, -0.1) is 0 Å². The van der Waals surface area contributed by atoms with Gasteiger partial charge in [-0.3, -0.25) is 4.40 Å². The van der Waals surface area contributed by atoms with E-state index in [9.17, 15) is 0 Å². The van der Waals surface area contributed by atoms with Crippen molar-refractivity contribution in [3.05, 3.63) is 200 Å². The van der Waals surface area contributed by atoms with Crippen molar-refractivity contribution in [3.63, 3.8) is 0 Å². The van der Waals surface area contributed by atoms with E-state index >= 15 is 0 Å². The number of aromatic nitrogens is 4. The first kappa shape index (κ1) is 32.2. The van der Waals surface area contributed by atoms with Gasteiger partial charge in [0.2, 0.25) is 0 Å². The van der Waals surface area contributed by atoms with Crippen LogP contribution in [0, 0.1) is 6.57 Å². The standard InChI is InChI=1S/C53H31N5/c1-54-36-25-26-38-43-30-35(24-28-46(43)58(47(38)32-36)37-16-6-3-7-17-37)50-41-20-10-8-18-39(41)49(40-19-9-11-21-42(40)50)34-23-27-45-44(31-34)52-53(57-29-13-12-22-48(57)56-52)51(55-45)33-14-4-2-5-15-33/h2-32H. The SMILES string of the molecule is [C-]#[N+]c1ccc2c3cc(-c4c5ccccc5c(-c5ccc6nc(-c7ccccc7)c7c(nc8ccccn87)c6c5)c5ccccc45)ccc3n(-c3ccccc3)c2c1. The molecule has 0 bridgehead atoms. The predicted molar refractivity (Wildman–Crippen MR) is 240 cm³/mol. The lowest BCUT2D eigenvalue weighted by molar-refractivity contribution is 1.18. The van der Waals surface area contributed by atoms with Crippen LogP contribution in [0.5, 0.6) is 0 Å². The van der Waals surface area contributed by atoms with Gasteiger partial charge in [0.15, 0.2) is 5.69 Å². The van der Waals surface area contributed by atoms with E-state index in [2.05, 4.69) is 166 Å². The summed E-state index contributed by atoms with van der Waals surface area (Å²) in [6, 6.07) is 64.1. The molecule has 0 saturated carbocycles. The number of fused-ring (bicyclic) bond motifs is 10. The average molecular weight is 738 g/mol. The lowest BCUT2D eigenvalue weighted by atomic mass is 9.85. The van der Waals surface area contributed by atoms with Crippen molar-refractivity contribution in [2.24, 2.45) is 0 Å². The second kappa shape index (κ2) is 12.5. The van der Waals surface area contributed by atoms with Crippen LogP contribution in [0.4, 0.5) is 5.69 Å². The molecule has 0 fully saturated rings. The molecule has 12 rings (SSSR count). The zero-order valence-electron chi connectivity index (χ0n) is 31.1. The Morgan fingerprint density at radius 3 is 1.76 bits per heavy atom. The van der Waals surface area contributed by atoms with Crippen LogP contribution in [0.25, 0.3) is 115 Å². The maximum absolute atomic E-state index is 7.76. The molecule has 4 aromatic heterocycles. The van der Waals surface area contributed by atoms with Gasteiger partial charge in [-0.05, 0) is 98.4 Å². The third-order valence-corrected chi connectivity index (χ3v) is 11.7. The Morgan fingerprint density at radius 2 is 1.07 bits per heavy atom. The van der Waals surface area contributed by atoms with Gasteiger partial charge in [0.1, 0.15) is 11.2 Å². The summed E-state index contributed by atoms with van der Waals surface area (Å²) in [7, 11) is 0. The van der Waals surface area contributed by atoms with E-state index in [4.69, 9.17) is 16.5 Å². The molecule has 0 atom stereocenters. The molecule has 0 unspecified atom stereocenters. The van der Waals surface area contributed by atoms with Crippen LogP contribution >= 0.6 is 0 Å². The third-order valence-electron chi connectivity index (χ3n) is 11.7. The Hall–Kier alpha value is -8.07. The molecule has 268 valence electrons. The Kier molecular flexibility index (Phi) is 6.92. The first-order valence-electron chi connectivity index (χ1n) is 19.4. The van der Waals surface area contributed by atoms with Crippen molar-refractivity contribution in [2.75, 3.05) is 0 Å². The van der Waals surface area contributed by atoms with Gasteiger partial charge in [0.25, 0.3) is 0 Å². The molecular formula is C53H31N5. The van der Waals surface area contributed by atoms with Crippen LogP contribution in [-0.4, -0.2) is 18.9 Å². The van der Waals surface area contributed by atoms with Gasteiger partial charge in [-0.1, -0.05) is 127 Å². The summed E-state index contributed by atoms with van der Waals surface area (Å²) in [5, 5.41) is 8.04. The van der Waals surface area contributed by atoms with Crippen molar-refractivity contribution in [2.45, 2.75) is 0 Å². The molecule has 12 aromatic rings. The van der Waals surface area contributed by atoms with E-state index < -0.39 is 0 Å². The molecule has 5 heteroatoms. The summed E-state index contributed by atoms with van der Waals surface area (Å²) in [6.07, 6.45) is 2.08. The molecule has 0 aliphatic heterocycles. The van der Waals surface area contributed by atoms with Crippen molar-refractivity contribution in [1.82, 2.24) is 18.9 Å². The highest BCUT2D eigenvalue weighted by molar-refractivity contribution is 6.23. The largest absolute Gasteiger partial charge is 0.311 e. The number of pyridine rings is 2. The summed E-state index contributed by atoms with van der Waals surface area (Å²) in [5.41, 5.74) is 14.2. The van der Waals surface area contributed by atoms with Crippen molar-refractivity contribution >= 4 is 76.6 Å².